The average molecular weight is 297 g/mol. The van der Waals surface area contributed by atoms with Gasteiger partial charge in [0.2, 0.25) is 0 Å². The molecule has 4 heteroatoms. The van der Waals surface area contributed by atoms with E-state index in [0.717, 1.165) is 23.2 Å². The number of aliphatic hydroxyl groups is 1. The normalized spacial score (nSPS) is 14.6. The summed E-state index contributed by atoms with van der Waals surface area (Å²) in [6, 6.07) is 13.0. The Morgan fingerprint density at radius 1 is 1.27 bits per heavy atom. The van der Waals surface area contributed by atoms with Crippen LogP contribution >= 0.6 is 0 Å². The molecule has 0 saturated heterocycles. The molecule has 2 aromatic carbocycles. The van der Waals surface area contributed by atoms with Gasteiger partial charge in [0, 0.05) is 12.2 Å². The summed E-state index contributed by atoms with van der Waals surface area (Å²) in [5.41, 5.74) is 3.70. The number of hydrogen-bond donors (Lipinski definition) is 1. The van der Waals surface area contributed by atoms with E-state index in [1.165, 1.54) is 0 Å². The van der Waals surface area contributed by atoms with Crippen molar-refractivity contribution in [2.45, 2.75) is 19.4 Å². The molecule has 0 saturated carbocycles. The minimum atomic E-state index is -1.18. The highest BCUT2D eigenvalue weighted by atomic mass is 16.5. The van der Waals surface area contributed by atoms with Crippen LogP contribution in [0.25, 0.3) is 0 Å². The number of benzene rings is 2. The van der Waals surface area contributed by atoms with E-state index in [2.05, 4.69) is 0 Å². The second-order valence-corrected chi connectivity index (χ2v) is 5.50. The lowest BCUT2D eigenvalue weighted by Crippen LogP contribution is -2.34. The van der Waals surface area contributed by atoms with Crippen LogP contribution in [0.3, 0.4) is 0 Å². The number of methoxy groups -OCH3 is 1. The molecular weight excluding hydrogens is 278 g/mol. The SMILES string of the molecule is COc1cccc(C(O)C(=O)N2CCc3cccc(C)c32)c1. The first-order valence-corrected chi connectivity index (χ1v) is 7.33. The Kier molecular flexibility index (Phi) is 3.86. The first-order valence-electron chi connectivity index (χ1n) is 7.33. The summed E-state index contributed by atoms with van der Waals surface area (Å²) >= 11 is 0. The molecule has 0 aromatic heterocycles. The zero-order chi connectivity index (χ0) is 15.7. The number of para-hydroxylation sites is 1. The van der Waals surface area contributed by atoms with Crippen LogP contribution in [0.4, 0.5) is 5.69 Å². The molecule has 1 atom stereocenters. The Morgan fingerprint density at radius 3 is 2.82 bits per heavy atom. The molecule has 3 rings (SSSR count). The Hall–Kier alpha value is -2.33. The first-order chi connectivity index (χ1) is 10.6. The van der Waals surface area contributed by atoms with Crippen molar-refractivity contribution in [1.82, 2.24) is 0 Å². The van der Waals surface area contributed by atoms with Crippen LogP contribution in [0.2, 0.25) is 0 Å². The number of fused-ring (bicyclic) bond motifs is 1. The summed E-state index contributed by atoms with van der Waals surface area (Å²) in [5, 5.41) is 10.4. The van der Waals surface area contributed by atoms with Gasteiger partial charge in [-0.25, -0.2) is 0 Å². The standard InChI is InChI=1S/C18H19NO3/c1-12-5-3-6-13-9-10-19(16(12)13)18(21)17(20)14-7-4-8-15(11-14)22-2/h3-8,11,17,20H,9-10H2,1-2H3. The fourth-order valence-electron chi connectivity index (χ4n) is 2.97. The molecule has 1 unspecified atom stereocenters. The largest absolute Gasteiger partial charge is 0.497 e. The number of aryl methyl sites for hydroxylation is 1. The van der Waals surface area contributed by atoms with E-state index in [1.54, 1.807) is 36.3 Å². The van der Waals surface area contributed by atoms with Gasteiger partial charge in [-0.15, -0.1) is 0 Å². The molecule has 114 valence electrons. The van der Waals surface area contributed by atoms with Gasteiger partial charge in [0.25, 0.3) is 5.91 Å². The smallest absolute Gasteiger partial charge is 0.260 e. The fourth-order valence-corrected chi connectivity index (χ4v) is 2.97. The van der Waals surface area contributed by atoms with Gasteiger partial charge < -0.3 is 14.7 Å². The highest BCUT2D eigenvalue weighted by molar-refractivity contribution is 5.99. The van der Waals surface area contributed by atoms with Crippen LogP contribution in [0, 0.1) is 6.92 Å². The highest BCUT2D eigenvalue weighted by Crippen LogP contribution is 2.33. The van der Waals surface area contributed by atoms with Gasteiger partial charge >= 0.3 is 0 Å². The second kappa shape index (κ2) is 5.81. The van der Waals surface area contributed by atoms with E-state index in [-0.39, 0.29) is 5.91 Å². The number of nitrogens with zero attached hydrogens (tertiary/aromatic N) is 1. The van der Waals surface area contributed by atoms with Crippen molar-refractivity contribution in [3.63, 3.8) is 0 Å². The van der Waals surface area contributed by atoms with Gasteiger partial charge in [-0.3, -0.25) is 4.79 Å². The van der Waals surface area contributed by atoms with E-state index in [0.29, 0.717) is 17.9 Å². The van der Waals surface area contributed by atoms with Crippen molar-refractivity contribution in [2.75, 3.05) is 18.6 Å². The minimum absolute atomic E-state index is 0.290. The molecule has 1 heterocycles. The maximum Gasteiger partial charge on any atom is 0.260 e. The highest BCUT2D eigenvalue weighted by Gasteiger charge is 2.31. The summed E-state index contributed by atoms with van der Waals surface area (Å²) in [7, 11) is 1.56. The molecule has 0 bridgehead atoms. The molecule has 0 fully saturated rings. The number of anilines is 1. The van der Waals surface area contributed by atoms with Crippen LogP contribution in [0.15, 0.2) is 42.5 Å². The van der Waals surface area contributed by atoms with Crippen LogP contribution < -0.4 is 9.64 Å². The molecule has 1 amide bonds. The number of amides is 1. The number of carbonyl (C=O) groups is 1. The number of carbonyl (C=O) groups excluding carboxylic acids is 1. The molecular formula is C18H19NO3. The van der Waals surface area contributed by atoms with Crippen molar-refractivity contribution in [1.29, 1.82) is 0 Å². The predicted molar refractivity (Wildman–Crippen MR) is 85.2 cm³/mol. The van der Waals surface area contributed by atoms with Crippen molar-refractivity contribution in [3.8, 4) is 5.75 Å². The van der Waals surface area contributed by atoms with Crippen LogP contribution in [-0.2, 0) is 11.2 Å². The Labute approximate surface area is 130 Å². The number of ether oxygens (including phenoxy) is 1. The third-order valence-corrected chi connectivity index (χ3v) is 4.11. The van der Waals surface area contributed by atoms with E-state index in [4.69, 9.17) is 4.74 Å². The minimum Gasteiger partial charge on any atom is -0.497 e. The Balaban J connectivity index is 1.89. The summed E-state index contributed by atoms with van der Waals surface area (Å²) < 4.78 is 5.15. The second-order valence-electron chi connectivity index (χ2n) is 5.50. The topological polar surface area (TPSA) is 49.8 Å². The molecule has 0 spiro atoms. The first kappa shape index (κ1) is 14.6. The summed E-state index contributed by atoms with van der Waals surface area (Å²) in [5.74, 6) is 0.337. The third-order valence-electron chi connectivity index (χ3n) is 4.11. The maximum absolute atomic E-state index is 12.7. The number of hydrogen-bond acceptors (Lipinski definition) is 3. The molecule has 0 radical (unpaired) electrons. The van der Waals surface area contributed by atoms with Crippen molar-refractivity contribution in [3.05, 3.63) is 59.2 Å². The van der Waals surface area contributed by atoms with Gasteiger partial charge in [-0.05, 0) is 42.2 Å². The Morgan fingerprint density at radius 2 is 2.05 bits per heavy atom. The zero-order valence-electron chi connectivity index (χ0n) is 12.7. The van der Waals surface area contributed by atoms with E-state index < -0.39 is 6.10 Å². The van der Waals surface area contributed by atoms with Gasteiger partial charge in [-0.2, -0.15) is 0 Å². The predicted octanol–water partition coefficient (Wildman–Crippen LogP) is 2.63. The molecule has 2 aromatic rings. The lowest BCUT2D eigenvalue weighted by molar-refractivity contribution is -0.126. The molecule has 1 N–H and O–H groups in total. The maximum atomic E-state index is 12.7. The summed E-state index contributed by atoms with van der Waals surface area (Å²) in [6.45, 7) is 2.60. The van der Waals surface area contributed by atoms with Gasteiger partial charge in [-0.1, -0.05) is 30.3 Å². The van der Waals surface area contributed by atoms with Crippen molar-refractivity contribution >= 4 is 11.6 Å². The van der Waals surface area contributed by atoms with E-state index in [9.17, 15) is 9.90 Å². The Bertz CT molecular complexity index is 711. The van der Waals surface area contributed by atoms with Crippen LogP contribution in [0.5, 0.6) is 5.75 Å². The van der Waals surface area contributed by atoms with Crippen molar-refractivity contribution in [2.24, 2.45) is 0 Å². The average Bonchev–Trinajstić information content (AvgIpc) is 2.99. The van der Waals surface area contributed by atoms with Crippen molar-refractivity contribution < 1.29 is 14.6 Å². The number of aliphatic hydroxyl groups excluding tert-OH is 1. The molecule has 1 aliphatic rings. The van der Waals surface area contributed by atoms with Gasteiger partial charge in [0.1, 0.15) is 5.75 Å². The van der Waals surface area contributed by atoms with E-state index in [1.807, 2.05) is 25.1 Å². The van der Waals surface area contributed by atoms with Crippen LogP contribution in [-0.4, -0.2) is 24.7 Å². The molecule has 1 aliphatic heterocycles. The van der Waals surface area contributed by atoms with Gasteiger partial charge in [0.05, 0.1) is 7.11 Å². The third kappa shape index (κ3) is 2.46. The quantitative estimate of drug-likeness (QED) is 0.947. The summed E-state index contributed by atoms with van der Waals surface area (Å²) in [4.78, 5) is 14.4. The summed E-state index contributed by atoms with van der Waals surface area (Å²) in [6.07, 6.45) is -0.353. The number of rotatable bonds is 3. The van der Waals surface area contributed by atoms with E-state index >= 15 is 0 Å². The molecule has 4 nitrogen and oxygen atoms in total. The fraction of sp³-hybridized carbons (Fsp3) is 0.278. The lowest BCUT2D eigenvalue weighted by Gasteiger charge is -2.22. The van der Waals surface area contributed by atoms with Gasteiger partial charge in [0.15, 0.2) is 6.10 Å². The monoisotopic (exact) mass is 297 g/mol. The van der Waals surface area contributed by atoms with Crippen LogP contribution in [0.1, 0.15) is 22.8 Å². The molecule has 22 heavy (non-hydrogen) atoms. The zero-order valence-corrected chi connectivity index (χ0v) is 12.7. The molecule has 0 aliphatic carbocycles. The lowest BCUT2D eigenvalue weighted by atomic mass is 10.1.